The van der Waals surface area contributed by atoms with E-state index in [2.05, 4.69) is 5.32 Å². The van der Waals surface area contributed by atoms with Crippen LogP contribution in [0.15, 0.2) is 60.7 Å². The van der Waals surface area contributed by atoms with E-state index in [-0.39, 0.29) is 22.4 Å². The molecular formula is C21H16ClFN2O2. The van der Waals surface area contributed by atoms with Gasteiger partial charge in [0, 0.05) is 17.8 Å². The number of rotatable bonds is 4. The minimum absolute atomic E-state index is 0.0731. The van der Waals surface area contributed by atoms with Crippen LogP contribution in [0.4, 0.5) is 10.1 Å². The van der Waals surface area contributed by atoms with Crippen molar-refractivity contribution in [2.24, 2.45) is 0 Å². The molecule has 0 bridgehead atoms. The lowest BCUT2D eigenvalue weighted by Gasteiger charge is -2.12. The van der Waals surface area contributed by atoms with Crippen molar-refractivity contribution >= 4 is 29.0 Å². The van der Waals surface area contributed by atoms with Gasteiger partial charge in [-0.2, -0.15) is 0 Å². The van der Waals surface area contributed by atoms with Gasteiger partial charge in [0.25, 0.3) is 0 Å². The zero-order valence-corrected chi connectivity index (χ0v) is 15.0. The summed E-state index contributed by atoms with van der Waals surface area (Å²) in [4.78, 5) is 25.4. The van der Waals surface area contributed by atoms with E-state index < -0.39 is 11.7 Å². The summed E-state index contributed by atoms with van der Waals surface area (Å²) in [6.07, 6.45) is 0.573. The van der Waals surface area contributed by atoms with Crippen molar-refractivity contribution in [3.8, 4) is 0 Å². The largest absolute Gasteiger partial charge is 0.341 e. The Hall–Kier alpha value is -2.92. The third-order valence-corrected chi connectivity index (χ3v) is 5.11. The number of nitrogens with zero attached hydrogens (tertiary/aromatic N) is 1. The number of nitrogens with one attached hydrogen (secondary N) is 1. The van der Waals surface area contributed by atoms with Crippen LogP contribution >= 0.6 is 11.6 Å². The van der Waals surface area contributed by atoms with Crippen LogP contribution in [0.2, 0.25) is 5.02 Å². The van der Waals surface area contributed by atoms with Crippen LogP contribution in [-0.4, -0.2) is 16.3 Å². The standard InChI is InChI=1S/C21H16ClFN2O2/c22-16-7-6-14(23)12-17(16)24-21(27)15-10-11-25-18(15)8-9-19(25)20(26)13-4-2-1-3-5-13/h1-9,12,15H,10-11H2,(H,24,27)/t15-/m1/s1. The number of halogens is 2. The number of fused-ring (bicyclic) bond motifs is 1. The Morgan fingerprint density at radius 2 is 1.85 bits per heavy atom. The molecule has 0 fully saturated rings. The van der Waals surface area contributed by atoms with Crippen molar-refractivity contribution in [2.45, 2.75) is 18.9 Å². The Balaban J connectivity index is 1.58. The minimum Gasteiger partial charge on any atom is -0.341 e. The number of anilines is 1. The summed E-state index contributed by atoms with van der Waals surface area (Å²) in [7, 11) is 0. The third-order valence-electron chi connectivity index (χ3n) is 4.78. The Morgan fingerprint density at radius 3 is 2.63 bits per heavy atom. The summed E-state index contributed by atoms with van der Waals surface area (Å²) < 4.78 is 15.3. The smallest absolute Gasteiger partial charge is 0.233 e. The van der Waals surface area contributed by atoms with Crippen molar-refractivity contribution in [3.63, 3.8) is 0 Å². The molecule has 2 heterocycles. The fourth-order valence-electron chi connectivity index (χ4n) is 3.46. The second-order valence-corrected chi connectivity index (χ2v) is 6.85. The first kappa shape index (κ1) is 17.5. The number of carbonyl (C=O) groups excluding carboxylic acids is 2. The number of hydrogen-bond donors (Lipinski definition) is 1. The third kappa shape index (κ3) is 3.26. The van der Waals surface area contributed by atoms with Crippen LogP contribution in [0.5, 0.6) is 0 Å². The summed E-state index contributed by atoms with van der Waals surface area (Å²) in [5.41, 5.74) is 2.19. The first-order chi connectivity index (χ1) is 13.0. The number of aromatic nitrogens is 1. The van der Waals surface area contributed by atoms with Crippen LogP contribution in [0.1, 0.15) is 34.1 Å². The van der Waals surface area contributed by atoms with Gasteiger partial charge in [-0.3, -0.25) is 9.59 Å². The molecule has 3 aromatic rings. The molecule has 1 aromatic heterocycles. The van der Waals surface area contributed by atoms with Crippen molar-refractivity contribution in [3.05, 3.63) is 88.5 Å². The van der Waals surface area contributed by atoms with E-state index >= 15 is 0 Å². The van der Waals surface area contributed by atoms with Gasteiger partial charge in [-0.1, -0.05) is 41.9 Å². The molecule has 0 spiro atoms. The van der Waals surface area contributed by atoms with E-state index in [0.29, 0.717) is 24.2 Å². The highest BCUT2D eigenvalue weighted by Crippen LogP contribution is 2.33. The molecule has 0 saturated carbocycles. The highest BCUT2D eigenvalue weighted by Gasteiger charge is 2.32. The van der Waals surface area contributed by atoms with Crippen molar-refractivity contribution in [1.29, 1.82) is 0 Å². The summed E-state index contributed by atoms with van der Waals surface area (Å²) in [5, 5.41) is 2.97. The maximum atomic E-state index is 13.4. The Morgan fingerprint density at radius 1 is 1.07 bits per heavy atom. The van der Waals surface area contributed by atoms with Crippen LogP contribution in [0, 0.1) is 5.82 Å². The van der Waals surface area contributed by atoms with E-state index in [1.165, 1.54) is 18.2 Å². The quantitative estimate of drug-likeness (QED) is 0.668. The molecule has 27 heavy (non-hydrogen) atoms. The average Bonchev–Trinajstić information content (AvgIpc) is 3.27. The second kappa shape index (κ2) is 7.00. The van der Waals surface area contributed by atoms with Crippen LogP contribution < -0.4 is 5.32 Å². The van der Waals surface area contributed by atoms with Gasteiger partial charge in [0.05, 0.1) is 22.3 Å². The van der Waals surface area contributed by atoms with Gasteiger partial charge in [0.1, 0.15) is 5.82 Å². The maximum Gasteiger partial charge on any atom is 0.233 e. The van der Waals surface area contributed by atoms with Crippen LogP contribution in [0.25, 0.3) is 0 Å². The lowest BCUT2D eigenvalue weighted by Crippen LogP contribution is -2.19. The minimum atomic E-state index is -0.472. The molecule has 0 saturated heterocycles. The zero-order valence-electron chi connectivity index (χ0n) is 14.3. The molecule has 0 radical (unpaired) electrons. The fraction of sp³-hybridized carbons (Fsp3) is 0.143. The number of carbonyl (C=O) groups is 2. The molecule has 136 valence electrons. The summed E-state index contributed by atoms with van der Waals surface area (Å²) in [6.45, 7) is 0.575. The number of ketones is 1. The predicted octanol–water partition coefficient (Wildman–Crippen LogP) is 4.64. The van der Waals surface area contributed by atoms with E-state index in [0.717, 1.165) is 5.69 Å². The molecule has 1 atom stereocenters. The maximum absolute atomic E-state index is 13.4. The lowest BCUT2D eigenvalue weighted by atomic mass is 10.0. The summed E-state index contributed by atoms with van der Waals surface area (Å²) in [6, 6.07) is 16.4. The van der Waals surface area contributed by atoms with Crippen LogP contribution in [-0.2, 0) is 11.3 Å². The summed E-state index contributed by atoms with van der Waals surface area (Å²) >= 11 is 6.03. The van der Waals surface area contributed by atoms with Crippen molar-refractivity contribution in [2.75, 3.05) is 5.32 Å². The SMILES string of the molecule is O=C(c1ccccc1)c1ccc2n1CC[C@H]2C(=O)Nc1cc(F)ccc1Cl. The molecule has 4 rings (SSSR count). The molecule has 1 amide bonds. The molecule has 4 nitrogen and oxygen atoms in total. The number of amides is 1. The second-order valence-electron chi connectivity index (χ2n) is 6.44. The lowest BCUT2D eigenvalue weighted by molar-refractivity contribution is -0.117. The first-order valence-electron chi connectivity index (χ1n) is 8.59. The molecule has 0 unspecified atom stereocenters. The van der Waals surface area contributed by atoms with Gasteiger partial charge in [0.2, 0.25) is 11.7 Å². The van der Waals surface area contributed by atoms with E-state index in [1.807, 2.05) is 22.8 Å². The fourth-order valence-corrected chi connectivity index (χ4v) is 3.62. The molecule has 1 N–H and O–H groups in total. The van der Waals surface area contributed by atoms with E-state index in [9.17, 15) is 14.0 Å². The van der Waals surface area contributed by atoms with Gasteiger partial charge in [-0.25, -0.2) is 4.39 Å². The van der Waals surface area contributed by atoms with Gasteiger partial charge in [-0.05, 0) is 36.8 Å². The molecule has 6 heteroatoms. The van der Waals surface area contributed by atoms with Crippen molar-refractivity contribution in [1.82, 2.24) is 4.57 Å². The predicted molar refractivity (Wildman–Crippen MR) is 102 cm³/mol. The topological polar surface area (TPSA) is 51.1 Å². The van der Waals surface area contributed by atoms with E-state index in [4.69, 9.17) is 11.6 Å². The highest BCUT2D eigenvalue weighted by atomic mass is 35.5. The van der Waals surface area contributed by atoms with Gasteiger partial charge < -0.3 is 9.88 Å². The van der Waals surface area contributed by atoms with Gasteiger partial charge in [-0.15, -0.1) is 0 Å². The number of hydrogen-bond acceptors (Lipinski definition) is 2. The molecule has 0 aliphatic carbocycles. The van der Waals surface area contributed by atoms with Gasteiger partial charge in [0.15, 0.2) is 0 Å². The molecular weight excluding hydrogens is 367 g/mol. The first-order valence-corrected chi connectivity index (χ1v) is 8.97. The van der Waals surface area contributed by atoms with Gasteiger partial charge >= 0.3 is 0 Å². The van der Waals surface area contributed by atoms with E-state index in [1.54, 1.807) is 24.3 Å². The Kier molecular flexibility index (Phi) is 4.54. The Bertz CT molecular complexity index is 1030. The average molecular weight is 383 g/mol. The molecule has 1 aliphatic heterocycles. The highest BCUT2D eigenvalue weighted by molar-refractivity contribution is 6.33. The Labute approximate surface area is 160 Å². The normalized spacial score (nSPS) is 15.4. The van der Waals surface area contributed by atoms with Crippen molar-refractivity contribution < 1.29 is 14.0 Å². The zero-order chi connectivity index (χ0) is 19.0. The van der Waals surface area contributed by atoms with Crippen LogP contribution in [0.3, 0.4) is 0 Å². The monoisotopic (exact) mass is 382 g/mol. The number of benzene rings is 2. The summed E-state index contributed by atoms with van der Waals surface area (Å²) in [5.74, 6) is -1.23. The molecule has 2 aromatic carbocycles. The molecule has 1 aliphatic rings.